The summed E-state index contributed by atoms with van der Waals surface area (Å²) in [5.41, 5.74) is 0. The fourth-order valence-corrected chi connectivity index (χ4v) is 2.60. The third-order valence-corrected chi connectivity index (χ3v) is 4.21. The normalized spacial score (nSPS) is 11.5. The maximum Gasteiger partial charge on any atom is 0.0642 e. The van der Waals surface area contributed by atoms with E-state index in [1.807, 2.05) is 48.7 Å². The van der Waals surface area contributed by atoms with Gasteiger partial charge in [0.2, 0.25) is 0 Å². The minimum absolute atomic E-state index is 0.833. The first kappa shape index (κ1) is 14.7. The third kappa shape index (κ3) is 5.14. The van der Waals surface area contributed by atoms with Crippen molar-refractivity contribution in [2.24, 2.45) is 10.2 Å². The summed E-state index contributed by atoms with van der Waals surface area (Å²) in [6, 6.07) is 8.16. The predicted molar refractivity (Wildman–Crippen MR) is 89.1 cm³/mol. The molecular formula is C14H18N4S2. The second-order valence-corrected chi connectivity index (χ2v) is 6.24. The predicted octanol–water partition coefficient (Wildman–Crippen LogP) is 3.04. The number of hydrogen-bond acceptors (Lipinski definition) is 6. The molecule has 0 amide bonds. The van der Waals surface area contributed by atoms with Crippen LogP contribution < -0.4 is 0 Å². The molecule has 0 aromatic carbocycles. The Morgan fingerprint density at radius 2 is 1.35 bits per heavy atom. The van der Waals surface area contributed by atoms with Crippen LogP contribution in [0.4, 0.5) is 0 Å². The van der Waals surface area contributed by atoms with Crippen LogP contribution in [-0.4, -0.2) is 49.6 Å². The number of likely N-dealkylation sites (N-methyl/N-ethyl adjacent to an activating group) is 2. The highest BCUT2D eigenvalue weighted by Crippen LogP contribution is 2.06. The van der Waals surface area contributed by atoms with Crippen LogP contribution in [0.2, 0.25) is 0 Å². The first-order chi connectivity index (χ1) is 9.74. The molecule has 0 atom stereocenters. The quantitative estimate of drug-likeness (QED) is 0.581. The van der Waals surface area contributed by atoms with Gasteiger partial charge in [-0.3, -0.25) is 10.0 Å². The van der Waals surface area contributed by atoms with E-state index >= 15 is 0 Å². The molecule has 2 heterocycles. The second kappa shape index (κ2) is 7.81. The summed E-state index contributed by atoms with van der Waals surface area (Å²) in [6.45, 7) is 1.67. The molecular weight excluding hydrogens is 288 g/mol. The van der Waals surface area contributed by atoms with Crippen molar-refractivity contribution in [1.82, 2.24) is 10.0 Å². The van der Waals surface area contributed by atoms with E-state index in [4.69, 9.17) is 0 Å². The fourth-order valence-electron chi connectivity index (χ4n) is 1.45. The van der Waals surface area contributed by atoms with E-state index in [9.17, 15) is 0 Å². The van der Waals surface area contributed by atoms with Gasteiger partial charge in [-0.15, -0.1) is 22.7 Å². The lowest BCUT2D eigenvalue weighted by molar-refractivity contribution is 0.272. The Balaban J connectivity index is 1.71. The van der Waals surface area contributed by atoms with Gasteiger partial charge < -0.3 is 0 Å². The molecule has 0 saturated heterocycles. The summed E-state index contributed by atoms with van der Waals surface area (Å²) < 4.78 is 0. The van der Waals surface area contributed by atoms with E-state index in [2.05, 4.69) is 33.1 Å². The van der Waals surface area contributed by atoms with Crippen LogP contribution in [0.25, 0.3) is 0 Å². The van der Waals surface area contributed by atoms with Gasteiger partial charge in [0.05, 0.1) is 25.5 Å². The summed E-state index contributed by atoms with van der Waals surface area (Å²) in [5, 5.41) is 16.7. The lowest BCUT2D eigenvalue weighted by atomic mass is 10.5. The number of hydrazone groups is 2. The van der Waals surface area contributed by atoms with Crippen molar-refractivity contribution in [1.29, 1.82) is 0 Å². The van der Waals surface area contributed by atoms with Gasteiger partial charge >= 0.3 is 0 Å². The number of nitrogens with zero attached hydrogens (tertiary/aromatic N) is 4. The molecule has 4 nitrogen and oxygen atoms in total. The van der Waals surface area contributed by atoms with Crippen LogP contribution in [0.5, 0.6) is 0 Å². The van der Waals surface area contributed by atoms with Gasteiger partial charge in [-0.05, 0) is 22.9 Å². The topological polar surface area (TPSA) is 31.2 Å². The molecule has 0 aliphatic heterocycles. The average molecular weight is 306 g/mol. The Morgan fingerprint density at radius 1 is 0.900 bits per heavy atom. The van der Waals surface area contributed by atoms with Crippen molar-refractivity contribution in [3.8, 4) is 0 Å². The Labute approximate surface area is 127 Å². The van der Waals surface area contributed by atoms with Gasteiger partial charge in [0.25, 0.3) is 0 Å². The van der Waals surface area contributed by atoms with Crippen molar-refractivity contribution < 1.29 is 0 Å². The van der Waals surface area contributed by atoms with Gasteiger partial charge in [-0.2, -0.15) is 10.2 Å². The molecule has 106 valence electrons. The van der Waals surface area contributed by atoms with Crippen LogP contribution in [-0.2, 0) is 0 Å². The molecule has 0 aliphatic carbocycles. The first-order valence-electron chi connectivity index (χ1n) is 6.31. The smallest absolute Gasteiger partial charge is 0.0642 e. The zero-order valence-electron chi connectivity index (χ0n) is 11.6. The highest BCUT2D eigenvalue weighted by atomic mass is 32.1. The fraction of sp³-hybridized carbons (Fsp3) is 0.286. The van der Waals surface area contributed by atoms with Crippen molar-refractivity contribution in [2.75, 3.05) is 27.2 Å². The summed E-state index contributed by atoms with van der Waals surface area (Å²) in [4.78, 5) is 2.34. The Hall–Kier alpha value is -1.66. The van der Waals surface area contributed by atoms with E-state index in [1.54, 1.807) is 22.7 Å². The zero-order chi connectivity index (χ0) is 14.2. The molecule has 0 N–H and O–H groups in total. The van der Waals surface area contributed by atoms with Gasteiger partial charge in [0.15, 0.2) is 0 Å². The second-order valence-electron chi connectivity index (χ2n) is 4.28. The first-order valence-corrected chi connectivity index (χ1v) is 8.07. The maximum atomic E-state index is 4.39. The summed E-state index contributed by atoms with van der Waals surface area (Å²) in [6.07, 6.45) is 3.78. The van der Waals surface area contributed by atoms with Crippen LogP contribution in [0.1, 0.15) is 9.75 Å². The summed E-state index contributed by atoms with van der Waals surface area (Å²) >= 11 is 3.37. The molecule has 0 radical (unpaired) electrons. The largest absolute Gasteiger partial charge is 0.298 e. The van der Waals surface area contributed by atoms with Crippen molar-refractivity contribution in [2.45, 2.75) is 0 Å². The number of rotatable bonds is 7. The molecule has 0 spiro atoms. The minimum atomic E-state index is 0.833. The molecule has 0 aliphatic rings. The zero-order valence-corrected chi connectivity index (χ0v) is 13.3. The highest BCUT2D eigenvalue weighted by molar-refractivity contribution is 7.12. The number of hydrogen-bond donors (Lipinski definition) is 0. The Morgan fingerprint density at radius 3 is 1.70 bits per heavy atom. The van der Waals surface area contributed by atoms with Crippen molar-refractivity contribution in [3.63, 3.8) is 0 Å². The molecule has 6 heteroatoms. The maximum absolute atomic E-state index is 4.39. The molecule has 2 aromatic rings. The lowest BCUT2D eigenvalue weighted by Gasteiger charge is -2.17. The summed E-state index contributed by atoms with van der Waals surface area (Å²) in [5.74, 6) is 0. The molecule has 0 saturated carbocycles. The van der Waals surface area contributed by atoms with Gasteiger partial charge in [-0.1, -0.05) is 12.1 Å². The molecule has 2 aromatic heterocycles. The van der Waals surface area contributed by atoms with Crippen molar-refractivity contribution >= 4 is 35.1 Å². The lowest BCUT2D eigenvalue weighted by Crippen LogP contribution is -2.25. The third-order valence-electron chi connectivity index (χ3n) is 2.60. The van der Waals surface area contributed by atoms with Crippen LogP contribution in [0.15, 0.2) is 45.2 Å². The van der Waals surface area contributed by atoms with Crippen molar-refractivity contribution in [3.05, 3.63) is 44.8 Å². The highest BCUT2D eigenvalue weighted by Gasteiger charge is 1.97. The SMILES string of the molecule is CN(CCN(C)/N=C/c1cccs1)/N=C/c1cccs1. The Kier molecular flexibility index (Phi) is 5.76. The van der Waals surface area contributed by atoms with Crippen LogP contribution >= 0.6 is 22.7 Å². The van der Waals surface area contributed by atoms with E-state index in [1.165, 1.54) is 9.75 Å². The standard InChI is InChI=1S/C14H18N4S2/c1-17(15-11-13-5-3-9-19-13)7-8-18(2)16-12-14-6-4-10-20-14/h3-6,9-12H,7-8H2,1-2H3/b15-11+,16-12+. The number of thiophene rings is 2. The molecule has 0 unspecified atom stereocenters. The summed E-state index contributed by atoms with van der Waals surface area (Å²) in [7, 11) is 3.95. The monoisotopic (exact) mass is 306 g/mol. The Bertz CT molecular complexity index is 481. The molecule has 20 heavy (non-hydrogen) atoms. The molecule has 0 fully saturated rings. The average Bonchev–Trinajstić information content (AvgIpc) is 3.13. The van der Waals surface area contributed by atoms with Gasteiger partial charge in [0.1, 0.15) is 0 Å². The van der Waals surface area contributed by atoms with Crippen LogP contribution in [0.3, 0.4) is 0 Å². The van der Waals surface area contributed by atoms with Gasteiger partial charge in [-0.25, -0.2) is 0 Å². The molecule has 0 bridgehead atoms. The minimum Gasteiger partial charge on any atom is -0.298 e. The van der Waals surface area contributed by atoms with Gasteiger partial charge in [0, 0.05) is 23.8 Å². The molecule has 2 rings (SSSR count). The van der Waals surface area contributed by atoms with E-state index in [-0.39, 0.29) is 0 Å². The van der Waals surface area contributed by atoms with Crippen LogP contribution in [0, 0.1) is 0 Å². The van der Waals surface area contributed by atoms with E-state index < -0.39 is 0 Å². The van der Waals surface area contributed by atoms with E-state index in [0.29, 0.717) is 0 Å². The van der Waals surface area contributed by atoms with E-state index in [0.717, 1.165) is 13.1 Å².